The molecule has 0 aliphatic heterocycles. The minimum atomic E-state index is -0.664. The van der Waals surface area contributed by atoms with Crippen LogP contribution in [0.2, 0.25) is 3.43 Å². The number of hydrogen-bond acceptors (Lipinski definition) is 2. The van der Waals surface area contributed by atoms with Crippen molar-refractivity contribution in [1.82, 2.24) is 15.0 Å². The first kappa shape index (κ1) is 18.0. The molecule has 1 heterocycles. The Morgan fingerprint density at radius 1 is 1.00 bits per heavy atom. The molecule has 0 saturated heterocycles. The van der Waals surface area contributed by atoms with E-state index in [4.69, 9.17) is 0 Å². The average molecular weight is 384 g/mol. The van der Waals surface area contributed by atoms with Crippen LogP contribution in [0.25, 0.3) is 0 Å². The molecule has 0 saturated carbocycles. The number of aryl methyl sites for hydroxylation is 1. The van der Waals surface area contributed by atoms with Crippen molar-refractivity contribution in [1.29, 1.82) is 0 Å². The molecule has 1 aromatic rings. The molecule has 114 valence electrons. The molecule has 0 aliphatic carbocycles. The van der Waals surface area contributed by atoms with Crippen LogP contribution in [0, 0.1) is 0 Å². The van der Waals surface area contributed by atoms with Gasteiger partial charge in [0.15, 0.2) is 0 Å². The van der Waals surface area contributed by atoms with E-state index in [2.05, 4.69) is 37.3 Å². The van der Waals surface area contributed by atoms with Crippen LogP contribution in [-0.4, -0.2) is 36.1 Å². The van der Waals surface area contributed by atoms with Gasteiger partial charge in [0.1, 0.15) is 0 Å². The Labute approximate surface area is 135 Å². The molecule has 2 radical (unpaired) electrons. The molecule has 0 fully saturated rings. The van der Waals surface area contributed by atoms with Gasteiger partial charge in [0.25, 0.3) is 0 Å². The summed E-state index contributed by atoms with van der Waals surface area (Å²) in [5.74, 6) is 0. The Balaban J connectivity index is 2.80. The number of nitrogens with zero attached hydrogens (tertiary/aromatic N) is 3. The molecule has 0 atom stereocenters. The molecule has 0 N–H and O–H groups in total. The van der Waals surface area contributed by atoms with Crippen LogP contribution in [0.5, 0.6) is 0 Å². The molecule has 0 unspecified atom stereocenters. The fourth-order valence-corrected chi connectivity index (χ4v) is 7.91. The van der Waals surface area contributed by atoms with E-state index in [0.717, 1.165) is 0 Å². The molecule has 0 spiro atoms. The third-order valence-corrected chi connectivity index (χ3v) is 9.06. The summed E-state index contributed by atoms with van der Waals surface area (Å²) < 4.78 is 3.85. The molecule has 1 aromatic heterocycles. The first-order valence-electron chi connectivity index (χ1n) is 8.30. The summed E-state index contributed by atoms with van der Waals surface area (Å²) >= 11 is -0.664. The zero-order valence-electron chi connectivity index (χ0n) is 13.8. The summed E-state index contributed by atoms with van der Waals surface area (Å²) in [6, 6.07) is 0. The number of rotatable bonds is 11. The zero-order valence-corrected chi connectivity index (χ0v) is 16.6. The van der Waals surface area contributed by atoms with Crippen molar-refractivity contribution >= 4 is 24.9 Å². The van der Waals surface area contributed by atoms with Gasteiger partial charge in [-0.2, -0.15) is 0 Å². The number of hydrogen-bond donors (Lipinski definition) is 0. The molecule has 0 amide bonds. The predicted octanol–water partition coefficient (Wildman–Crippen LogP) is 3.87. The van der Waals surface area contributed by atoms with E-state index in [1.54, 1.807) is 0 Å². The van der Waals surface area contributed by atoms with Crippen LogP contribution in [0.1, 0.15) is 78.6 Å². The average Bonchev–Trinajstić information content (AvgIpc) is 2.85. The molecule has 0 aliphatic rings. The van der Waals surface area contributed by atoms with Crippen molar-refractivity contribution in [3.05, 3.63) is 6.20 Å². The van der Waals surface area contributed by atoms with Crippen molar-refractivity contribution < 1.29 is 0 Å². The van der Waals surface area contributed by atoms with E-state index in [1.165, 1.54) is 61.5 Å². The van der Waals surface area contributed by atoms with E-state index in [9.17, 15) is 0 Å². The summed E-state index contributed by atoms with van der Waals surface area (Å²) in [5.41, 5.74) is 0. The first-order valence-corrected chi connectivity index (χ1v) is 11.2. The monoisotopic (exact) mass is 385 g/mol. The molecule has 4 heteroatoms. The summed E-state index contributed by atoms with van der Waals surface area (Å²) in [7, 11) is 1.99. The second kappa shape index (κ2) is 9.80. The first-order chi connectivity index (χ1) is 9.65. The van der Waals surface area contributed by atoms with E-state index in [1.807, 2.05) is 11.7 Å². The van der Waals surface area contributed by atoms with Gasteiger partial charge in [0, 0.05) is 0 Å². The van der Waals surface area contributed by atoms with Crippen LogP contribution in [0.4, 0.5) is 0 Å². The zero-order chi connectivity index (χ0) is 14.8. The van der Waals surface area contributed by atoms with E-state index >= 15 is 0 Å². The van der Waals surface area contributed by atoms with Crippen LogP contribution < -0.4 is 3.71 Å². The molecule has 1 rings (SSSR count). The van der Waals surface area contributed by atoms with Crippen LogP contribution >= 0.6 is 0 Å². The van der Waals surface area contributed by atoms with Crippen molar-refractivity contribution in [3.8, 4) is 0 Å². The third-order valence-electron chi connectivity index (χ3n) is 4.02. The van der Waals surface area contributed by atoms with Gasteiger partial charge in [-0.05, 0) is 0 Å². The van der Waals surface area contributed by atoms with Crippen LogP contribution in [0.15, 0.2) is 6.20 Å². The number of unbranched alkanes of at least 4 members (excludes halogenated alkanes) is 3. The summed E-state index contributed by atoms with van der Waals surface area (Å²) in [6.07, 6.45) is 14.5. The summed E-state index contributed by atoms with van der Waals surface area (Å²) in [6.45, 7) is 6.95. The summed E-state index contributed by atoms with van der Waals surface area (Å²) in [5, 5.41) is 8.56. The maximum atomic E-state index is 4.41. The van der Waals surface area contributed by atoms with Gasteiger partial charge in [-0.1, -0.05) is 0 Å². The Hall–Kier alpha value is -0.0613. The molecule has 0 aromatic carbocycles. The molecule has 20 heavy (non-hydrogen) atoms. The maximum absolute atomic E-state index is 4.41. The minimum absolute atomic E-state index is 0.626. The molecular weight excluding hydrogens is 353 g/mol. The van der Waals surface area contributed by atoms with Crippen molar-refractivity contribution in [3.63, 3.8) is 0 Å². The SMILES string of the molecule is CCCC[C](CCCC)(CCCC)[Sn][c]1cn(C)nn1. The van der Waals surface area contributed by atoms with Crippen molar-refractivity contribution in [2.75, 3.05) is 0 Å². The van der Waals surface area contributed by atoms with Crippen LogP contribution in [0.3, 0.4) is 0 Å². The van der Waals surface area contributed by atoms with Crippen molar-refractivity contribution in [2.45, 2.75) is 82.0 Å². The fourth-order valence-electron chi connectivity index (χ4n) is 2.78. The van der Waals surface area contributed by atoms with Gasteiger partial charge in [-0.3, -0.25) is 0 Å². The van der Waals surface area contributed by atoms with Crippen molar-refractivity contribution in [2.24, 2.45) is 7.05 Å². The van der Waals surface area contributed by atoms with E-state index in [0.29, 0.717) is 3.43 Å². The Kier molecular flexibility index (Phi) is 8.81. The standard InChI is InChI=1S/C13H27.C3H4N3.Sn/c1-4-7-10-13(11-8-5-2)12-9-6-3;1-6-3-2-4-5-6;/h4-12H2,1-3H3;3H,1H3;. The topological polar surface area (TPSA) is 30.7 Å². The van der Waals surface area contributed by atoms with Crippen LogP contribution in [-0.2, 0) is 7.05 Å². The van der Waals surface area contributed by atoms with Gasteiger partial charge >= 0.3 is 135 Å². The van der Waals surface area contributed by atoms with E-state index in [-0.39, 0.29) is 0 Å². The Morgan fingerprint density at radius 2 is 1.50 bits per heavy atom. The second-order valence-electron chi connectivity index (χ2n) is 5.99. The Morgan fingerprint density at radius 3 is 1.85 bits per heavy atom. The third kappa shape index (κ3) is 6.15. The van der Waals surface area contributed by atoms with Gasteiger partial charge in [-0.15, -0.1) is 0 Å². The summed E-state index contributed by atoms with van der Waals surface area (Å²) in [4.78, 5) is 0. The van der Waals surface area contributed by atoms with Gasteiger partial charge in [-0.25, -0.2) is 0 Å². The molecule has 0 bridgehead atoms. The predicted molar refractivity (Wildman–Crippen MR) is 87.7 cm³/mol. The van der Waals surface area contributed by atoms with Gasteiger partial charge in [0.05, 0.1) is 0 Å². The second-order valence-corrected chi connectivity index (χ2v) is 11.2. The van der Waals surface area contributed by atoms with E-state index < -0.39 is 21.1 Å². The Bertz CT molecular complexity index is 341. The fraction of sp³-hybridized carbons (Fsp3) is 0.875. The van der Waals surface area contributed by atoms with Gasteiger partial charge in [0.2, 0.25) is 0 Å². The number of aromatic nitrogens is 3. The normalized spacial score (nSPS) is 12.0. The molecular formula is C16H31N3Sn. The van der Waals surface area contributed by atoms with Gasteiger partial charge < -0.3 is 0 Å². The molecule has 3 nitrogen and oxygen atoms in total. The quantitative estimate of drug-likeness (QED) is 0.543.